The second kappa shape index (κ2) is 16.3. The molecular weight excluding hydrogens is 758 g/mol. The Morgan fingerprint density at radius 3 is 2.21 bits per heavy atom. The highest BCUT2D eigenvalue weighted by atomic mass is 16.7. The average molecular weight is 812 g/mol. The van der Waals surface area contributed by atoms with Crippen molar-refractivity contribution in [2.75, 3.05) is 21.2 Å². The fourth-order valence-corrected chi connectivity index (χ4v) is 9.27. The fraction of sp³-hybridized carbons (Fsp3) is 0.619. The molecule has 1 unspecified atom stereocenters. The van der Waals surface area contributed by atoms with Crippen molar-refractivity contribution in [1.29, 1.82) is 0 Å². The summed E-state index contributed by atoms with van der Waals surface area (Å²) in [4.78, 5) is 55.0. The molecule has 4 N–H and O–H groups in total. The van der Waals surface area contributed by atoms with Crippen molar-refractivity contribution >= 4 is 23.3 Å². The first-order valence-corrected chi connectivity index (χ1v) is 19.9. The number of hydrogen-bond donors (Lipinski definition) is 4. The van der Waals surface area contributed by atoms with E-state index in [1.165, 1.54) is 31.4 Å². The van der Waals surface area contributed by atoms with Crippen LogP contribution >= 0.6 is 0 Å². The van der Waals surface area contributed by atoms with Gasteiger partial charge in [-0.1, -0.05) is 19.1 Å². The number of ether oxygens (including phenoxy) is 7. The summed E-state index contributed by atoms with van der Waals surface area (Å²) in [6, 6.07) is 5.11. The molecule has 7 rings (SSSR count). The van der Waals surface area contributed by atoms with E-state index in [4.69, 9.17) is 33.2 Å². The number of Topliss-reactive ketones (excluding diaryl/α,β-unsaturated/α-hetero) is 1. The van der Waals surface area contributed by atoms with Crippen molar-refractivity contribution in [2.24, 2.45) is 0 Å². The number of phenolic OH excluding ortho intramolecular Hbond substituents is 2. The molecule has 2 aromatic carbocycles. The van der Waals surface area contributed by atoms with Gasteiger partial charge in [-0.3, -0.25) is 19.2 Å². The zero-order valence-corrected chi connectivity index (χ0v) is 33.7. The summed E-state index contributed by atoms with van der Waals surface area (Å²) in [5.74, 6) is -4.59. The number of esters is 1. The predicted octanol–water partition coefficient (Wildman–Crippen LogP) is 3.16. The first kappa shape index (κ1) is 42.3. The lowest BCUT2D eigenvalue weighted by atomic mass is 9.67. The minimum atomic E-state index is -1.76. The lowest BCUT2D eigenvalue weighted by Crippen LogP contribution is -2.58. The van der Waals surface area contributed by atoms with Gasteiger partial charge >= 0.3 is 5.97 Å². The highest BCUT2D eigenvalue weighted by Gasteiger charge is 2.53. The van der Waals surface area contributed by atoms with Gasteiger partial charge in [-0.15, -0.1) is 0 Å². The zero-order chi connectivity index (χ0) is 42.0. The van der Waals surface area contributed by atoms with Crippen molar-refractivity contribution in [2.45, 2.75) is 145 Å². The van der Waals surface area contributed by atoms with Crippen molar-refractivity contribution in [3.8, 4) is 11.5 Å². The van der Waals surface area contributed by atoms with E-state index in [0.717, 1.165) is 0 Å². The number of ketones is 3. The molecular formula is C42H53NO15. The number of methoxy groups -OCH3 is 1. The molecule has 3 saturated heterocycles. The summed E-state index contributed by atoms with van der Waals surface area (Å²) >= 11 is 0. The molecule has 0 aromatic heterocycles. The zero-order valence-electron chi connectivity index (χ0n) is 33.7. The van der Waals surface area contributed by atoms with E-state index in [1.807, 2.05) is 19.0 Å². The first-order chi connectivity index (χ1) is 27.5. The van der Waals surface area contributed by atoms with Crippen molar-refractivity contribution < 1.29 is 72.8 Å². The minimum absolute atomic E-state index is 0.00573. The van der Waals surface area contributed by atoms with Crippen LogP contribution in [0, 0.1) is 0 Å². The summed E-state index contributed by atoms with van der Waals surface area (Å²) in [5.41, 5.74) is -2.49. The topological polar surface area (TPSA) is 217 Å². The molecule has 3 heterocycles. The number of aliphatic hydroxyl groups is 2. The van der Waals surface area contributed by atoms with E-state index >= 15 is 0 Å². The van der Waals surface area contributed by atoms with Crippen LogP contribution in [0.2, 0.25) is 0 Å². The lowest BCUT2D eigenvalue weighted by molar-refractivity contribution is -0.324. The molecule has 0 radical (unpaired) electrons. The Labute approximate surface area is 336 Å². The summed E-state index contributed by atoms with van der Waals surface area (Å²) in [6.45, 7) is 6.95. The predicted molar refractivity (Wildman–Crippen MR) is 201 cm³/mol. The van der Waals surface area contributed by atoms with Crippen LogP contribution < -0.4 is 0 Å². The maximum Gasteiger partial charge on any atom is 0.316 e. The normalized spacial score (nSPS) is 36.3. The van der Waals surface area contributed by atoms with Gasteiger partial charge < -0.3 is 58.5 Å². The molecule has 0 spiro atoms. The molecule has 0 bridgehead atoms. The van der Waals surface area contributed by atoms with E-state index in [-0.39, 0.29) is 70.9 Å². The van der Waals surface area contributed by atoms with Crippen LogP contribution in [0.5, 0.6) is 11.5 Å². The smallest absolute Gasteiger partial charge is 0.316 e. The number of rotatable bonds is 9. The monoisotopic (exact) mass is 811 g/mol. The molecule has 58 heavy (non-hydrogen) atoms. The second-order valence-corrected chi connectivity index (χ2v) is 16.3. The van der Waals surface area contributed by atoms with Gasteiger partial charge in [-0.05, 0) is 59.0 Å². The van der Waals surface area contributed by atoms with Gasteiger partial charge in [0, 0.05) is 54.8 Å². The molecule has 5 aliphatic rings. The maximum absolute atomic E-state index is 13.9. The number of fused-ring (bicyclic) bond motifs is 3. The summed E-state index contributed by atoms with van der Waals surface area (Å²) in [7, 11) is 4.91. The molecule has 3 aliphatic heterocycles. The van der Waals surface area contributed by atoms with E-state index < -0.39 is 102 Å². The van der Waals surface area contributed by atoms with Crippen LogP contribution in [0.25, 0.3) is 0 Å². The van der Waals surface area contributed by atoms with E-state index in [0.29, 0.717) is 12.8 Å². The molecule has 13 atom stereocenters. The van der Waals surface area contributed by atoms with Crippen LogP contribution in [0.15, 0.2) is 24.3 Å². The Bertz CT molecular complexity index is 1940. The van der Waals surface area contributed by atoms with Gasteiger partial charge in [-0.25, -0.2) is 0 Å². The average Bonchev–Trinajstić information content (AvgIpc) is 3.17. The van der Waals surface area contributed by atoms with Crippen LogP contribution in [0.4, 0.5) is 0 Å². The Kier molecular flexibility index (Phi) is 11.9. The Morgan fingerprint density at radius 1 is 0.897 bits per heavy atom. The van der Waals surface area contributed by atoms with Crippen LogP contribution in [-0.4, -0.2) is 137 Å². The molecule has 0 saturated carbocycles. The number of phenols is 2. The number of benzene rings is 2. The summed E-state index contributed by atoms with van der Waals surface area (Å²) < 4.78 is 42.6. The highest BCUT2D eigenvalue weighted by Crippen LogP contribution is 2.54. The molecule has 16 nitrogen and oxygen atoms in total. The van der Waals surface area contributed by atoms with E-state index in [1.54, 1.807) is 27.7 Å². The first-order valence-electron chi connectivity index (χ1n) is 19.9. The van der Waals surface area contributed by atoms with Gasteiger partial charge in [0.15, 0.2) is 30.4 Å². The molecule has 2 aliphatic carbocycles. The number of nitrogens with zero attached hydrogens (tertiary/aromatic N) is 1. The number of carbonyl (C=O) groups is 4. The maximum atomic E-state index is 13.9. The van der Waals surface area contributed by atoms with E-state index in [2.05, 4.69) is 0 Å². The lowest BCUT2D eigenvalue weighted by Gasteiger charge is -2.48. The van der Waals surface area contributed by atoms with Crippen LogP contribution in [0.3, 0.4) is 0 Å². The van der Waals surface area contributed by atoms with Gasteiger partial charge in [0.2, 0.25) is 5.78 Å². The number of carbonyl (C=O) groups excluding carboxylic acids is 4. The van der Waals surface area contributed by atoms with Gasteiger partial charge in [-0.2, -0.15) is 0 Å². The number of aromatic hydroxyl groups is 2. The number of hydrogen-bond acceptors (Lipinski definition) is 16. The minimum Gasteiger partial charge on any atom is -0.507 e. The Hall–Kier alpha value is -3.84. The Balaban J connectivity index is 1.13. The van der Waals surface area contributed by atoms with Gasteiger partial charge in [0.05, 0.1) is 48.3 Å². The summed E-state index contributed by atoms with van der Waals surface area (Å²) in [6.07, 6.45) is -6.64. The quantitative estimate of drug-likeness (QED) is 0.228. The molecule has 0 amide bonds. The van der Waals surface area contributed by atoms with Crippen molar-refractivity contribution in [3.63, 3.8) is 0 Å². The Morgan fingerprint density at radius 2 is 1.57 bits per heavy atom. The van der Waals surface area contributed by atoms with Gasteiger partial charge in [0.25, 0.3) is 0 Å². The third-order valence-corrected chi connectivity index (χ3v) is 12.4. The molecule has 2 aromatic rings. The van der Waals surface area contributed by atoms with Crippen LogP contribution in [0.1, 0.15) is 121 Å². The van der Waals surface area contributed by atoms with Crippen LogP contribution in [-0.2, 0) is 42.7 Å². The highest BCUT2D eigenvalue weighted by molar-refractivity contribution is 6.30. The number of aliphatic hydroxyl groups excluding tert-OH is 1. The third kappa shape index (κ3) is 7.47. The molecule has 316 valence electrons. The van der Waals surface area contributed by atoms with Crippen molar-refractivity contribution in [3.05, 3.63) is 57.6 Å². The fourth-order valence-electron chi connectivity index (χ4n) is 9.27. The standard InChI is InChI=1S/C42H53NO15/c1-8-42(51)17-28(33-22(35(42)41(50)52-7)14-23-34(38(33)49)37(48)32-21(36(23)47)10-9-11-26(32)45)56-30-15-24(43(5)6)39(19(3)54-30)58-31-16-27(46)40(20(4)55-31)57-29-13-12-25(44)18(2)53-29/h9-11,14,18-20,24,27-31,35,39-40,45-46,49,51H,8,12-13,15-17H2,1-7H3/t18-,19-,20-,24?,27-,28-,29-,30-,31-,35-,39+,40+,42+/m0/s1. The molecule has 16 heteroatoms. The molecule has 3 fully saturated rings. The van der Waals surface area contributed by atoms with E-state index in [9.17, 15) is 39.6 Å². The SMILES string of the molecule is CC[C@@]1(O)C[C@H](O[C@H]2CC(N(C)C)[C@H](O[C@H]3C[C@H](O)[C@H](O[C@H]4CCC(=O)[C@H](C)O4)[C@H](C)O3)[C@H](C)O2)c2c(cc3c(c2O)C(=O)c2c(O)cccc2C3=O)[C@H]1C(=O)OC. The number of likely N-dealkylation sites (N-methyl/N-ethyl adjacent to an activating group) is 1. The largest absolute Gasteiger partial charge is 0.507 e. The third-order valence-electron chi connectivity index (χ3n) is 12.4. The van der Waals surface area contributed by atoms with Crippen molar-refractivity contribution in [1.82, 2.24) is 4.90 Å². The van der Waals surface area contributed by atoms with Gasteiger partial charge in [0.1, 0.15) is 35.7 Å². The second-order valence-electron chi connectivity index (χ2n) is 16.3. The summed E-state index contributed by atoms with van der Waals surface area (Å²) in [5, 5.41) is 45.9.